The maximum absolute atomic E-state index is 14.3. The molecule has 2 aromatic rings. The molecule has 136 valence electrons. The molecule has 8 heteroatoms. The van der Waals surface area contributed by atoms with Gasteiger partial charge in [0.1, 0.15) is 18.2 Å². The number of nitrogens with zero attached hydrogens (tertiary/aromatic N) is 3. The van der Waals surface area contributed by atoms with E-state index in [1.165, 1.54) is 23.1 Å². The van der Waals surface area contributed by atoms with E-state index in [9.17, 15) is 13.6 Å². The van der Waals surface area contributed by atoms with Crippen LogP contribution in [0.4, 0.5) is 20.2 Å². The first-order valence-electron chi connectivity index (χ1n) is 7.80. The second-order valence-corrected chi connectivity index (χ2v) is 6.91. The summed E-state index contributed by atoms with van der Waals surface area (Å²) in [5.41, 5.74) is 1.44. The van der Waals surface area contributed by atoms with Crippen LogP contribution < -0.4 is 9.80 Å². The quantitative estimate of drug-likeness (QED) is 0.735. The van der Waals surface area contributed by atoms with E-state index >= 15 is 0 Å². The van der Waals surface area contributed by atoms with Gasteiger partial charge in [-0.3, -0.25) is 9.69 Å². The number of benzene rings is 2. The molecule has 1 saturated heterocycles. The lowest BCUT2D eigenvalue weighted by molar-refractivity contribution is -0.116. The molecule has 1 fully saturated rings. The van der Waals surface area contributed by atoms with E-state index in [4.69, 9.17) is 23.8 Å². The van der Waals surface area contributed by atoms with E-state index < -0.39 is 11.6 Å². The van der Waals surface area contributed by atoms with Crippen LogP contribution in [-0.4, -0.2) is 36.6 Å². The number of hydrogen-bond acceptors (Lipinski definition) is 3. The molecule has 4 nitrogen and oxygen atoms in total. The van der Waals surface area contributed by atoms with Gasteiger partial charge in [-0.15, -0.1) is 0 Å². The van der Waals surface area contributed by atoms with Gasteiger partial charge >= 0.3 is 0 Å². The third kappa shape index (κ3) is 3.50. The van der Waals surface area contributed by atoms with Crippen LogP contribution in [0.2, 0.25) is 5.02 Å². The Bertz CT molecular complexity index is 891. The lowest BCUT2D eigenvalue weighted by atomic mass is 10.2. The minimum Gasteiger partial charge on any atom is -0.375 e. The zero-order chi connectivity index (χ0) is 19.0. The Hall–Kier alpha value is -2.25. The van der Waals surface area contributed by atoms with Crippen LogP contribution in [0.5, 0.6) is 0 Å². The summed E-state index contributed by atoms with van der Waals surface area (Å²) >= 11 is 11.4. The molecule has 0 radical (unpaired) electrons. The molecule has 0 aromatic heterocycles. The Balaban J connectivity index is 1.84. The molecule has 0 saturated carbocycles. The molecular weight excluding hydrogens is 380 g/mol. The minimum absolute atomic E-state index is 0.0452. The van der Waals surface area contributed by atoms with Gasteiger partial charge in [0.2, 0.25) is 0 Å². The molecule has 26 heavy (non-hydrogen) atoms. The fraction of sp³-hybridized carbons (Fsp3) is 0.222. The molecule has 0 atom stereocenters. The minimum atomic E-state index is -0.442. The molecule has 1 aliphatic heterocycles. The first-order valence-corrected chi connectivity index (χ1v) is 8.59. The summed E-state index contributed by atoms with van der Waals surface area (Å²) in [6.07, 6.45) is 0. The number of anilines is 2. The van der Waals surface area contributed by atoms with Gasteiger partial charge in [-0.25, -0.2) is 8.78 Å². The number of carbonyl (C=O) groups excluding carboxylic acids is 1. The maximum Gasteiger partial charge on any atom is 0.252 e. The van der Waals surface area contributed by atoms with E-state index in [0.717, 1.165) is 0 Å². The Morgan fingerprint density at radius 3 is 2.54 bits per heavy atom. The van der Waals surface area contributed by atoms with Gasteiger partial charge in [0.15, 0.2) is 5.11 Å². The Kier molecular flexibility index (Phi) is 5.11. The van der Waals surface area contributed by atoms with Crippen LogP contribution in [-0.2, 0) is 11.3 Å². The average Bonchev–Trinajstić information content (AvgIpc) is 2.83. The van der Waals surface area contributed by atoms with E-state index in [-0.39, 0.29) is 29.1 Å². The predicted molar refractivity (Wildman–Crippen MR) is 103 cm³/mol. The van der Waals surface area contributed by atoms with Gasteiger partial charge in [-0.1, -0.05) is 17.7 Å². The summed E-state index contributed by atoms with van der Waals surface area (Å²) in [4.78, 5) is 17.0. The van der Waals surface area contributed by atoms with Gasteiger partial charge in [-0.05, 0) is 42.0 Å². The van der Waals surface area contributed by atoms with Crippen molar-refractivity contribution in [1.29, 1.82) is 0 Å². The summed E-state index contributed by atoms with van der Waals surface area (Å²) in [6.45, 7) is 0.308. The molecule has 1 amide bonds. The molecule has 0 aliphatic carbocycles. The molecular formula is C18H16ClF2N3OS. The maximum atomic E-state index is 14.3. The summed E-state index contributed by atoms with van der Waals surface area (Å²) in [7, 11) is 3.47. The van der Waals surface area contributed by atoms with Gasteiger partial charge in [0.25, 0.3) is 5.91 Å². The van der Waals surface area contributed by atoms with Crippen LogP contribution in [0, 0.1) is 11.6 Å². The van der Waals surface area contributed by atoms with Crippen LogP contribution in [0.3, 0.4) is 0 Å². The van der Waals surface area contributed by atoms with Gasteiger partial charge in [-0.2, -0.15) is 0 Å². The van der Waals surface area contributed by atoms with Crippen molar-refractivity contribution in [3.05, 3.63) is 58.6 Å². The fourth-order valence-corrected chi connectivity index (χ4v) is 3.34. The highest BCUT2D eigenvalue weighted by Gasteiger charge is 2.34. The normalized spacial score (nSPS) is 14.3. The molecule has 0 bridgehead atoms. The fourth-order valence-electron chi connectivity index (χ4n) is 2.78. The lowest BCUT2D eigenvalue weighted by Gasteiger charge is -2.22. The summed E-state index contributed by atoms with van der Waals surface area (Å²) in [6, 6.07) is 8.60. The van der Waals surface area contributed by atoms with Crippen molar-refractivity contribution in [3.63, 3.8) is 0 Å². The lowest BCUT2D eigenvalue weighted by Crippen LogP contribution is -2.32. The third-order valence-corrected chi connectivity index (χ3v) is 4.88. The van der Waals surface area contributed by atoms with Crippen molar-refractivity contribution in [2.75, 3.05) is 30.4 Å². The van der Waals surface area contributed by atoms with Crippen LogP contribution >= 0.6 is 23.8 Å². The van der Waals surface area contributed by atoms with Gasteiger partial charge < -0.3 is 9.80 Å². The highest BCUT2D eigenvalue weighted by Crippen LogP contribution is 2.28. The van der Waals surface area contributed by atoms with Crippen LogP contribution in [0.1, 0.15) is 5.56 Å². The summed E-state index contributed by atoms with van der Waals surface area (Å²) in [5.74, 6) is -1.13. The predicted octanol–water partition coefficient (Wildman–Crippen LogP) is 3.82. The van der Waals surface area contributed by atoms with Crippen molar-refractivity contribution in [3.8, 4) is 0 Å². The number of carbonyl (C=O) groups is 1. The van der Waals surface area contributed by atoms with E-state index in [2.05, 4.69) is 0 Å². The number of halogens is 3. The topological polar surface area (TPSA) is 26.8 Å². The van der Waals surface area contributed by atoms with Crippen molar-refractivity contribution >= 4 is 46.2 Å². The van der Waals surface area contributed by atoms with Crippen molar-refractivity contribution in [1.82, 2.24) is 4.90 Å². The standard InChI is InChI=1S/C18H16ClF2N3OS/c1-22(2)16-6-5-13(8-15(16)21)24-17(25)10-23(18(24)26)9-11-3-4-12(20)7-14(11)19/h3-8H,9-10H2,1-2H3. The SMILES string of the molecule is CN(C)c1ccc(N2C(=O)CN(Cc3ccc(F)cc3Cl)C2=S)cc1F. The highest BCUT2D eigenvalue weighted by atomic mass is 35.5. The molecule has 0 unspecified atom stereocenters. The number of amides is 1. The molecule has 0 spiro atoms. The first-order chi connectivity index (χ1) is 12.3. The molecule has 1 heterocycles. The van der Waals surface area contributed by atoms with E-state index in [1.54, 1.807) is 42.1 Å². The van der Waals surface area contributed by atoms with Gasteiger partial charge in [0.05, 0.1) is 11.4 Å². The van der Waals surface area contributed by atoms with Crippen molar-refractivity contribution in [2.45, 2.75) is 6.54 Å². The Labute approximate surface area is 160 Å². The zero-order valence-corrected chi connectivity index (χ0v) is 15.7. The second kappa shape index (κ2) is 7.17. The van der Waals surface area contributed by atoms with Crippen LogP contribution in [0.25, 0.3) is 0 Å². The molecule has 3 rings (SSSR count). The number of rotatable bonds is 4. The number of thiocarbonyl (C=S) groups is 1. The molecule has 2 aromatic carbocycles. The second-order valence-electron chi connectivity index (χ2n) is 6.13. The van der Waals surface area contributed by atoms with E-state index in [1.807, 2.05) is 0 Å². The van der Waals surface area contributed by atoms with Crippen molar-refractivity contribution < 1.29 is 13.6 Å². The van der Waals surface area contributed by atoms with Crippen LogP contribution in [0.15, 0.2) is 36.4 Å². The molecule has 1 aliphatic rings. The molecule has 0 N–H and O–H groups in total. The first kappa shape index (κ1) is 18.5. The Morgan fingerprint density at radius 2 is 1.92 bits per heavy atom. The van der Waals surface area contributed by atoms with Crippen molar-refractivity contribution in [2.24, 2.45) is 0 Å². The smallest absolute Gasteiger partial charge is 0.252 e. The van der Waals surface area contributed by atoms with E-state index in [0.29, 0.717) is 16.9 Å². The Morgan fingerprint density at radius 1 is 1.19 bits per heavy atom. The van der Waals surface area contributed by atoms with Gasteiger partial charge in [0, 0.05) is 31.7 Å². The highest BCUT2D eigenvalue weighted by molar-refractivity contribution is 7.80. The summed E-state index contributed by atoms with van der Waals surface area (Å²) < 4.78 is 27.4. The zero-order valence-electron chi connectivity index (χ0n) is 14.2. The number of hydrogen-bond donors (Lipinski definition) is 0. The summed E-state index contributed by atoms with van der Waals surface area (Å²) in [5, 5.41) is 0.521. The third-order valence-electron chi connectivity index (χ3n) is 4.08. The monoisotopic (exact) mass is 395 g/mol. The largest absolute Gasteiger partial charge is 0.375 e. The average molecular weight is 396 g/mol.